The van der Waals surface area contributed by atoms with Crippen molar-refractivity contribution in [3.8, 4) is 0 Å². The molecule has 0 aliphatic carbocycles. The minimum absolute atomic E-state index is 0.000480. The lowest BCUT2D eigenvalue weighted by Gasteiger charge is -2.19. The highest BCUT2D eigenvalue weighted by molar-refractivity contribution is 5.47. The predicted octanol–water partition coefficient (Wildman–Crippen LogP) is 3.64. The van der Waals surface area contributed by atoms with Gasteiger partial charge in [0.05, 0.1) is 0 Å². The molecule has 0 aliphatic heterocycles. The number of rotatable bonds is 5. The third-order valence-corrected chi connectivity index (χ3v) is 2.26. The molecule has 0 aliphatic rings. The van der Waals surface area contributed by atoms with Gasteiger partial charge in [-0.25, -0.2) is 13.8 Å². The van der Waals surface area contributed by atoms with Crippen molar-refractivity contribution in [1.29, 1.82) is 0 Å². The van der Waals surface area contributed by atoms with Crippen LogP contribution in [-0.4, -0.2) is 18.1 Å². The van der Waals surface area contributed by atoms with Crippen LogP contribution >= 0.6 is 0 Å². The molecule has 1 aromatic heterocycles. The molecule has 1 rings (SSSR count). The molecule has 0 saturated carbocycles. The summed E-state index contributed by atoms with van der Waals surface area (Å²) in [5.74, 6) is -1.15. The molecule has 0 amide bonds. The molecular weight excluding hydrogens is 236 g/mol. The van der Waals surface area contributed by atoms with Gasteiger partial charge in [-0.2, -0.15) is 0 Å². The summed E-state index contributed by atoms with van der Waals surface area (Å²) in [5, 5.41) is 5.74. The van der Waals surface area contributed by atoms with Gasteiger partial charge in [0.25, 0.3) is 0 Å². The van der Waals surface area contributed by atoms with Gasteiger partial charge in [0.2, 0.25) is 0 Å². The second-order valence-electron chi connectivity index (χ2n) is 5.49. The van der Waals surface area contributed by atoms with E-state index in [2.05, 4.69) is 15.6 Å². The van der Waals surface area contributed by atoms with E-state index in [4.69, 9.17) is 0 Å². The van der Waals surface area contributed by atoms with Gasteiger partial charge in [0.15, 0.2) is 23.3 Å². The maximum Gasteiger partial charge on any atom is 0.168 e. The highest BCUT2D eigenvalue weighted by atomic mass is 19.1. The van der Waals surface area contributed by atoms with Crippen molar-refractivity contribution in [3.63, 3.8) is 0 Å². The maximum absolute atomic E-state index is 13.5. The van der Waals surface area contributed by atoms with E-state index >= 15 is 0 Å². The third-order valence-electron chi connectivity index (χ3n) is 2.26. The van der Waals surface area contributed by atoms with Crippen molar-refractivity contribution in [2.45, 2.75) is 34.1 Å². The van der Waals surface area contributed by atoms with E-state index in [1.54, 1.807) is 0 Å². The Morgan fingerprint density at radius 1 is 1.11 bits per heavy atom. The molecule has 0 atom stereocenters. The van der Waals surface area contributed by atoms with E-state index in [1.165, 1.54) is 0 Å². The van der Waals surface area contributed by atoms with Crippen LogP contribution in [0.15, 0.2) is 6.07 Å². The van der Waals surface area contributed by atoms with Crippen LogP contribution in [0.3, 0.4) is 0 Å². The molecule has 0 fully saturated rings. The number of nitrogens with zero attached hydrogens (tertiary/aromatic N) is 1. The Hall–Kier alpha value is -1.39. The summed E-state index contributed by atoms with van der Waals surface area (Å²) in [6.07, 6.45) is 0.850. The number of aromatic nitrogens is 1. The zero-order valence-electron chi connectivity index (χ0n) is 11.4. The third kappa shape index (κ3) is 4.47. The molecule has 0 spiro atoms. The van der Waals surface area contributed by atoms with Crippen LogP contribution in [0.25, 0.3) is 0 Å². The fraction of sp³-hybridized carbons (Fsp3) is 0.615. The maximum atomic E-state index is 13.5. The first-order chi connectivity index (χ1) is 8.33. The minimum Gasteiger partial charge on any atom is -0.368 e. The van der Waals surface area contributed by atoms with Crippen LogP contribution in [0.5, 0.6) is 0 Å². The van der Waals surface area contributed by atoms with E-state index in [9.17, 15) is 8.78 Å². The highest BCUT2D eigenvalue weighted by Crippen LogP contribution is 2.21. The number of hydrogen-bond donors (Lipinski definition) is 2. The van der Waals surface area contributed by atoms with Gasteiger partial charge >= 0.3 is 0 Å². The van der Waals surface area contributed by atoms with Crippen molar-refractivity contribution in [3.05, 3.63) is 17.7 Å². The van der Waals surface area contributed by atoms with Crippen LogP contribution in [0.2, 0.25) is 0 Å². The monoisotopic (exact) mass is 257 g/mol. The van der Waals surface area contributed by atoms with Crippen LogP contribution in [0, 0.1) is 17.0 Å². The minimum atomic E-state index is -0.668. The van der Waals surface area contributed by atoms with Crippen LogP contribution in [0.1, 0.15) is 34.1 Å². The molecule has 5 heteroatoms. The summed E-state index contributed by atoms with van der Waals surface area (Å²) >= 11 is 0. The number of anilines is 2. The summed E-state index contributed by atoms with van der Waals surface area (Å²) in [6, 6.07) is 0.857. The van der Waals surface area contributed by atoms with E-state index in [0.29, 0.717) is 13.1 Å². The fourth-order valence-electron chi connectivity index (χ4n) is 1.31. The number of nitrogens with one attached hydrogen (secondary N) is 2. The summed E-state index contributed by atoms with van der Waals surface area (Å²) in [4.78, 5) is 3.94. The molecular formula is C13H21F2N3. The summed E-state index contributed by atoms with van der Waals surface area (Å²) in [5.41, 5.74) is -0.000480. The first-order valence-electron chi connectivity index (χ1n) is 6.17. The van der Waals surface area contributed by atoms with Crippen LogP contribution in [-0.2, 0) is 0 Å². The van der Waals surface area contributed by atoms with Crippen molar-refractivity contribution < 1.29 is 8.78 Å². The quantitative estimate of drug-likeness (QED) is 0.845. The Kier molecular flexibility index (Phi) is 4.87. The number of halogens is 2. The van der Waals surface area contributed by atoms with E-state index in [-0.39, 0.29) is 17.1 Å². The number of pyridine rings is 1. The van der Waals surface area contributed by atoms with Crippen molar-refractivity contribution >= 4 is 11.6 Å². The van der Waals surface area contributed by atoms with Gasteiger partial charge in [-0.05, 0) is 11.8 Å². The topological polar surface area (TPSA) is 37.0 Å². The Balaban J connectivity index is 2.84. The van der Waals surface area contributed by atoms with Gasteiger partial charge in [0, 0.05) is 19.2 Å². The zero-order valence-corrected chi connectivity index (χ0v) is 11.4. The highest BCUT2D eigenvalue weighted by Gasteiger charge is 2.15. The molecule has 0 saturated heterocycles. The molecule has 2 N–H and O–H groups in total. The van der Waals surface area contributed by atoms with Gasteiger partial charge in [-0.15, -0.1) is 0 Å². The molecule has 1 heterocycles. The van der Waals surface area contributed by atoms with E-state index < -0.39 is 11.6 Å². The fourth-order valence-corrected chi connectivity index (χ4v) is 1.31. The van der Waals surface area contributed by atoms with Crippen LogP contribution in [0.4, 0.5) is 20.4 Å². The summed E-state index contributed by atoms with van der Waals surface area (Å²) < 4.78 is 27.0. The Labute approximate surface area is 107 Å². The molecule has 102 valence electrons. The Morgan fingerprint density at radius 3 is 2.17 bits per heavy atom. The lowest BCUT2D eigenvalue weighted by molar-refractivity contribution is 0.441. The molecule has 0 unspecified atom stereocenters. The first-order valence-corrected chi connectivity index (χ1v) is 6.17. The van der Waals surface area contributed by atoms with Crippen molar-refractivity contribution in [2.75, 3.05) is 23.7 Å². The normalized spacial score (nSPS) is 11.4. The standard InChI is InChI=1S/C13H21F2N3/c1-5-6-16-11-9(14)7-10(15)12(18-11)17-8-13(2,3)4/h7H,5-6,8H2,1-4H3,(H2,16,17,18). The Bertz CT molecular complexity index is 400. The molecule has 0 radical (unpaired) electrons. The van der Waals surface area contributed by atoms with Gasteiger partial charge in [-0.3, -0.25) is 0 Å². The SMILES string of the molecule is CCCNc1nc(NCC(C)(C)C)c(F)cc1F. The molecule has 0 bridgehead atoms. The number of hydrogen-bond acceptors (Lipinski definition) is 3. The average Bonchev–Trinajstić information content (AvgIpc) is 2.25. The zero-order chi connectivity index (χ0) is 13.8. The van der Waals surface area contributed by atoms with Gasteiger partial charge in [-0.1, -0.05) is 27.7 Å². The lowest BCUT2D eigenvalue weighted by Crippen LogP contribution is -2.20. The summed E-state index contributed by atoms with van der Waals surface area (Å²) in [6.45, 7) is 9.21. The second-order valence-corrected chi connectivity index (χ2v) is 5.49. The molecule has 3 nitrogen and oxygen atoms in total. The summed E-state index contributed by atoms with van der Waals surface area (Å²) in [7, 11) is 0. The molecule has 0 aromatic carbocycles. The molecule has 1 aromatic rings. The van der Waals surface area contributed by atoms with Crippen LogP contribution < -0.4 is 10.6 Å². The largest absolute Gasteiger partial charge is 0.368 e. The van der Waals surface area contributed by atoms with Crippen molar-refractivity contribution in [1.82, 2.24) is 4.98 Å². The van der Waals surface area contributed by atoms with Gasteiger partial charge in [0.1, 0.15) is 0 Å². The average molecular weight is 257 g/mol. The van der Waals surface area contributed by atoms with Gasteiger partial charge < -0.3 is 10.6 Å². The van der Waals surface area contributed by atoms with E-state index in [1.807, 2.05) is 27.7 Å². The smallest absolute Gasteiger partial charge is 0.168 e. The second kappa shape index (κ2) is 5.98. The van der Waals surface area contributed by atoms with E-state index in [0.717, 1.165) is 12.5 Å². The first kappa shape index (κ1) is 14.7. The molecule has 18 heavy (non-hydrogen) atoms. The predicted molar refractivity (Wildman–Crippen MR) is 70.9 cm³/mol. The van der Waals surface area contributed by atoms with Crippen molar-refractivity contribution in [2.24, 2.45) is 5.41 Å². The lowest BCUT2D eigenvalue weighted by atomic mass is 9.97. The Morgan fingerprint density at radius 2 is 1.67 bits per heavy atom.